The molecule has 0 unspecified atom stereocenters. The summed E-state index contributed by atoms with van der Waals surface area (Å²) in [7, 11) is 0. The van der Waals surface area contributed by atoms with Gasteiger partial charge in [-0.05, 0) is 49.1 Å². The van der Waals surface area contributed by atoms with E-state index in [-0.39, 0.29) is 5.56 Å². The van der Waals surface area contributed by atoms with Gasteiger partial charge in [-0.25, -0.2) is 4.68 Å². The van der Waals surface area contributed by atoms with Crippen molar-refractivity contribution in [3.8, 4) is 16.9 Å². The Kier molecular flexibility index (Phi) is 4.94. The Morgan fingerprint density at radius 1 is 1.12 bits per heavy atom. The number of benzene rings is 1. The number of aryl methyl sites for hydroxylation is 1. The first-order valence-corrected chi connectivity index (χ1v) is 8.58. The number of aromatic amines is 1. The van der Waals surface area contributed by atoms with Crippen LogP contribution in [0.25, 0.3) is 16.9 Å². The van der Waals surface area contributed by atoms with Crippen molar-refractivity contribution in [3.63, 3.8) is 0 Å². The molecule has 0 atom stereocenters. The molecule has 3 rings (SSSR count). The first kappa shape index (κ1) is 16.2. The van der Waals surface area contributed by atoms with E-state index in [4.69, 9.17) is 0 Å². The van der Waals surface area contributed by atoms with Gasteiger partial charge in [0.25, 0.3) is 5.56 Å². The largest absolute Gasteiger partial charge is 0.290 e. The average molecular weight is 321 g/mol. The smallest absolute Gasteiger partial charge is 0.275 e. The monoisotopic (exact) mass is 321 g/mol. The Morgan fingerprint density at radius 3 is 2.54 bits per heavy atom. The molecular formula is C20H23N3O. The number of rotatable bonds is 6. The minimum atomic E-state index is 0.0117. The highest BCUT2D eigenvalue weighted by atomic mass is 16.1. The summed E-state index contributed by atoms with van der Waals surface area (Å²) in [5.41, 5.74) is 4.76. The van der Waals surface area contributed by atoms with Crippen LogP contribution in [0.1, 0.15) is 37.8 Å². The first-order chi connectivity index (χ1) is 11.7. The molecule has 0 saturated carbocycles. The normalized spacial score (nSPS) is 10.9. The average Bonchev–Trinajstić information content (AvgIpc) is 2.97. The van der Waals surface area contributed by atoms with Crippen molar-refractivity contribution in [2.45, 2.75) is 39.5 Å². The van der Waals surface area contributed by atoms with Crippen LogP contribution in [0.2, 0.25) is 0 Å². The topological polar surface area (TPSA) is 50.7 Å². The lowest BCUT2D eigenvalue weighted by atomic mass is 10.1. The van der Waals surface area contributed by atoms with Crippen LogP contribution in [0.15, 0.2) is 53.6 Å². The number of nitrogens with one attached hydrogen (secondary N) is 1. The van der Waals surface area contributed by atoms with E-state index in [1.807, 2.05) is 31.2 Å². The summed E-state index contributed by atoms with van der Waals surface area (Å²) < 4.78 is 1.63. The van der Waals surface area contributed by atoms with Crippen molar-refractivity contribution in [2.24, 2.45) is 0 Å². The van der Waals surface area contributed by atoms with Crippen molar-refractivity contribution in [1.29, 1.82) is 0 Å². The van der Waals surface area contributed by atoms with Crippen LogP contribution in [0, 0.1) is 0 Å². The van der Waals surface area contributed by atoms with Crippen molar-refractivity contribution in [2.75, 3.05) is 0 Å². The molecule has 0 spiro atoms. The molecule has 0 saturated heterocycles. The fourth-order valence-corrected chi connectivity index (χ4v) is 2.92. The molecule has 1 N–H and O–H groups in total. The Labute approximate surface area is 142 Å². The highest BCUT2D eigenvalue weighted by Gasteiger charge is 2.15. The predicted molar refractivity (Wildman–Crippen MR) is 97.6 cm³/mol. The fraction of sp³-hybridized carbons (Fsp3) is 0.300. The zero-order chi connectivity index (χ0) is 16.9. The summed E-state index contributed by atoms with van der Waals surface area (Å²) in [5, 5.41) is 3.26. The van der Waals surface area contributed by atoms with E-state index >= 15 is 0 Å². The molecule has 1 aromatic carbocycles. The maximum Gasteiger partial charge on any atom is 0.275 e. The molecule has 0 aliphatic carbocycles. The summed E-state index contributed by atoms with van der Waals surface area (Å²) in [6.45, 7) is 4.20. The van der Waals surface area contributed by atoms with E-state index in [9.17, 15) is 4.79 Å². The van der Waals surface area contributed by atoms with Crippen LogP contribution < -0.4 is 5.56 Å². The molecule has 0 radical (unpaired) electrons. The van der Waals surface area contributed by atoms with Crippen LogP contribution >= 0.6 is 0 Å². The zero-order valence-electron chi connectivity index (χ0n) is 14.2. The number of H-pyrrole nitrogens is 1. The number of pyridine rings is 1. The Hall–Kier alpha value is -2.62. The molecule has 0 fully saturated rings. The minimum absolute atomic E-state index is 0.0117. The van der Waals surface area contributed by atoms with E-state index in [0.29, 0.717) is 6.42 Å². The number of hydrogen-bond acceptors (Lipinski definition) is 2. The van der Waals surface area contributed by atoms with Gasteiger partial charge in [0.2, 0.25) is 0 Å². The molecule has 4 nitrogen and oxygen atoms in total. The standard InChI is InChI=1S/C20H23N3O/c1-3-5-7-15-9-11-17(12-10-15)23-20(24)18(4-2)19(22-23)16-8-6-13-21-14-16/h6,8-14,22H,3-5,7H2,1-2H3. The van der Waals surface area contributed by atoms with Crippen molar-refractivity contribution >= 4 is 0 Å². The van der Waals surface area contributed by atoms with Gasteiger partial charge in [0.1, 0.15) is 0 Å². The highest BCUT2D eigenvalue weighted by Crippen LogP contribution is 2.20. The quantitative estimate of drug-likeness (QED) is 0.742. The molecule has 0 aliphatic heterocycles. The van der Waals surface area contributed by atoms with Gasteiger partial charge < -0.3 is 0 Å². The SMILES string of the molecule is CCCCc1ccc(-n2[nH]c(-c3cccnc3)c(CC)c2=O)cc1. The number of nitrogens with zero attached hydrogens (tertiary/aromatic N) is 2. The Morgan fingerprint density at radius 2 is 1.92 bits per heavy atom. The predicted octanol–water partition coefficient (Wildman–Crippen LogP) is 4.13. The van der Waals surface area contributed by atoms with Gasteiger partial charge in [-0.3, -0.25) is 14.9 Å². The number of unbranched alkanes of at least 4 members (excludes halogenated alkanes) is 1. The lowest BCUT2D eigenvalue weighted by molar-refractivity contribution is 0.793. The van der Waals surface area contributed by atoms with Crippen LogP contribution in [-0.2, 0) is 12.8 Å². The second-order valence-electron chi connectivity index (χ2n) is 5.97. The fourth-order valence-electron chi connectivity index (χ4n) is 2.92. The number of aromatic nitrogens is 3. The maximum atomic E-state index is 12.8. The van der Waals surface area contributed by atoms with Crippen molar-refractivity contribution < 1.29 is 0 Å². The highest BCUT2D eigenvalue weighted by molar-refractivity contribution is 5.62. The second-order valence-corrected chi connectivity index (χ2v) is 5.97. The van der Waals surface area contributed by atoms with Crippen molar-refractivity contribution in [1.82, 2.24) is 14.8 Å². The van der Waals surface area contributed by atoms with E-state index in [0.717, 1.165) is 28.9 Å². The van der Waals surface area contributed by atoms with E-state index in [1.54, 1.807) is 17.1 Å². The third kappa shape index (κ3) is 3.18. The summed E-state index contributed by atoms with van der Waals surface area (Å²) in [6, 6.07) is 12.1. The van der Waals surface area contributed by atoms with Crippen LogP contribution in [0.3, 0.4) is 0 Å². The molecule has 24 heavy (non-hydrogen) atoms. The van der Waals surface area contributed by atoms with Gasteiger partial charge in [0, 0.05) is 23.5 Å². The Bertz CT molecular complexity index is 845. The molecule has 4 heteroatoms. The van der Waals surface area contributed by atoms with Crippen LogP contribution in [-0.4, -0.2) is 14.8 Å². The third-order valence-electron chi connectivity index (χ3n) is 4.30. The minimum Gasteiger partial charge on any atom is -0.290 e. The molecule has 0 bridgehead atoms. The summed E-state index contributed by atoms with van der Waals surface area (Å²) in [4.78, 5) is 16.9. The van der Waals surface area contributed by atoms with Gasteiger partial charge in [0.15, 0.2) is 0 Å². The lowest BCUT2D eigenvalue weighted by Crippen LogP contribution is -2.16. The summed E-state index contributed by atoms with van der Waals surface area (Å²) >= 11 is 0. The van der Waals surface area contributed by atoms with E-state index in [1.165, 1.54) is 18.4 Å². The molecule has 2 heterocycles. The van der Waals surface area contributed by atoms with Gasteiger partial charge in [-0.1, -0.05) is 32.4 Å². The van der Waals surface area contributed by atoms with Gasteiger partial charge in [-0.15, -0.1) is 0 Å². The van der Waals surface area contributed by atoms with Gasteiger partial charge >= 0.3 is 0 Å². The van der Waals surface area contributed by atoms with E-state index < -0.39 is 0 Å². The van der Waals surface area contributed by atoms with Crippen LogP contribution in [0.4, 0.5) is 0 Å². The lowest BCUT2D eigenvalue weighted by Gasteiger charge is -2.04. The van der Waals surface area contributed by atoms with Crippen LogP contribution in [0.5, 0.6) is 0 Å². The third-order valence-corrected chi connectivity index (χ3v) is 4.30. The second kappa shape index (κ2) is 7.30. The molecule has 2 aromatic heterocycles. The molecule has 3 aromatic rings. The van der Waals surface area contributed by atoms with Crippen molar-refractivity contribution in [3.05, 3.63) is 70.3 Å². The summed E-state index contributed by atoms with van der Waals surface area (Å²) in [6.07, 6.45) is 7.65. The first-order valence-electron chi connectivity index (χ1n) is 8.58. The Balaban J connectivity index is 2.00. The van der Waals surface area contributed by atoms with Gasteiger partial charge in [0.05, 0.1) is 11.4 Å². The molecule has 0 amide bonds. The zero-order valence-corrected chi connectivity index (χ0v) is 14.2. The molecular weight excluding hydrogens is 298 g/mol. The maximum absolute atomic E-state index is 12.8. The van der Waals surface area contributed by atoms with E-state index in [2.05, 4.69) is 29.1 Å². The molecule has 0 aliphatic rings. The number of hydrogen-bond donors (Lipinski definition) is 1. The summed E-state index contributed by atoms with van der Waals surface area (Å²) in [5.74, 6) is 0. The molecule has 124 valence electrons. The van der Waals surface area contributed by atoms with Gasteiger partial charge in [-0.2, -0.15) is 0 Å².